The number of carbonyl (C=O) groups is 2. The molecule has 0 radical (unpaired) electrons. The van der Waals surface area contributed by atoms with Crippen molar-refractivity contribution in [3.8, 4) is 5.75 Å². The highest BCUT2D eigenvalue weighted by molar-refractivity contribution is 5.99. The van der Waals surface area contributed by atoms with Gasteiger partial charge in [0.2, 0.25) is 0 Å². The summed E-state index contributed by atoms with van der Waals surface area (Å²) < 4.78 is 5.91. The second-order valence-corrected chi connectivity index (χ2v) is 3.25. The molecule has 17 heavy (non-hydrogen) atoms. The van der Waals surface area contributed by atoms with E-state index in [4.69, 9.17) is 15.6 Å². The predicted molar refractivity (Wildman–Crippen MR) is 58.1 cm³/mol. The highest BCUT2D eigenvalue weighted by Crippen LogP contribution is 2.25. The zero-order chi connectivity index (χ0) is 13.0. The van der Waals surface area contributed by atoms with E-state index in [-0.39, 0.29) is 31.0 Å². The molecule has 7 nitrogen and oxygen atoms in total. The summed E-state index contributed by atoms with van der Waals surface area (Å²) in [5.74, 6) is -2.68. The normalized spacial score (nSPS) is 10.2. The van der Waals surface area contributed by atoms with E-state index in [1.54, 1.807) is 6.92 Å². The first-order valence-corrected chi connectivity index (χ1v) is 5.05. The van der Waals surface area contributed by atoms with Gasteiger partial charge in [0.25, 0.3) is 0 Å². The summed E-state index contributed by atoms with van der Waals surface area (Å²) in [5.41, 5.74) is 4.78. The van der Waals surface area contributed by atoms with Gasteiger partial charge in [-0.05, 0) is 6.92 Å². The number of aromatic carboxylic acids is 1. The summed E-state index contributed by atoms with van der Waals surface area (Å²) in [6.45, 7) is 2.14. The molecule has 0 amide bonds. The van der Waals surface area contributed by atoms with Crippen LogP contribution >= 0.6 is 0 Å². The molecule has 0 spiro atoms. The van der Waals surface area contributed by atoms with Crippen LogP contribution in [0.3, 0.4) is 0 Å². The van der Waals surface area contributed by atoms with E-state index >= 15 is 0 Å². The highest BCUT2D eigenvalue weighted by atomic mass is 16.5. The quantitative estimate of drug-likeness (QED) is 0.627. The predicted octanol–water partition coefficient (Wildman–Crippen LogP) is 0.0273. The molecular formula is C10H14N2O5. The van der Waals surface area contributed by atoms with E-state index in [0.717, 1.165) is 0 Å². The van der Waals surface area contributed by atoms with Crippen molar-refractivity contribution in [2.75, 3.05) is 13.2 Å². The van der Waals surface area contributed by atoms with Crippen LogP contribution in [0.15, 0.2) is 6.20 Å². The van der Waals surface area contributed by atoms with Crippen LogP contribution in [0, 0.1) is 0 Å². The molecule has 1 rings (SSSR count). The monoisotopic (exact) mass is 242 g/mol. The zero-order valence-electron chi connectivity index (χ0n) is 9.34. The number of aromatic hydroxyl groups is 1. The van der Waals surface area contributed by atoms with Crippen LogP contribution in [-0.2, 0) is 11.3 Å². The molecule has 1 aromatic heterocycles. The molecule has 7 heteroatoms. The second-order valence-electron chi connectivity index (χ2n) is 3.25. The number of esters is 1. The van der Waals surface area contributed by atoms with E-state index < -0.39 is 17.7 Å². The van der Waals surface area contributed by atoms with Gasteiger partial charge in [0, 0.05) is 19.3 Å². The van der Waals surface area contributed by atoms with Gasteiger partial charge < -0.3 is 25.3 Å². The number of hydrogen-bond acceptors (Lipinski definition) is 5. The molecule has 0 aliphatic rings. The Balaban J connectivity index is 3.21. The highest BCUT2D eigenvalue weighted by Gasteiger charge is 2.25. The Labute approximate surface area is 97.4 Å². The number of carboxylic acid groups (broad SMARTS) is 1. The molecule has 0 aliphatic carbocycles. The minimum Gasteiger partial charge on any atom is -0.505 e. The van der Waals surface area contributed by atoms with Crippen molar-refractivity contribution in [1.82, 2.24) is 4.57 Å². The Hall–Kier alpha value is -2.02. The van der Waals surface area contributed by atoms with Crippen molar-refractivity contribution in [2.24, 2.45) is 5.73 Å². The van der Waals surface area contributed by atoms with Gasteiger partial charge in [-0.3, -0.25) is 0 Å². The van der Waals surface area contributed by atoms with Gasteiger partial charge in [-0.1, -0.05) is 0 Å². The number of rotatable bonds is 5. The molecular weight excluding hydrogens is 228 g/mol. The summed E-state index contributed by atoms with van der Waals surface area (Å²) in [6.07, 6.45) is 1.23. The third kappa shape index (κ3) is 2.56. The zero-order valence-corrected chi connectivity index (χ0v) is 9.34. The van der Waals surface area contributed by atoms with Gasteiger partial charge in [-0.2, -0.15) is 0 Å². The topological polar surface area (TPSA) is 115 Å². The fourth-order valence-corrected chi connectivity index (χ4v) is 1.44. The third-order valence-electron chi connectivity index (χ3n) is 2.12. The maximum absolute atomic E-state index is 11.4. The van der Waals surface area contributed by atoms with Crippen LogP contribution in [0.2, 0.25) is 0 Å². The molecule has 4 N–H and O–H groups in total. The molecule has 1 aromatic rings. The number of carbonyl (C=O) groups excluding carboxylic acids is 1. The van der Waals surface area contributed by atoms with Crippen LogP contribution in [0.4, 0.5) is 0 Å². The molecule has 0 fully saturated rings. The lowest BCUT2D eigenvalue weighted by Crippen LogP contribution is -2.14. The molecule has 0 unspecified atom stereocenters. The van der Waals surface area contributed by atoms with Gasteiger partial charge in [-0.25, -0.2) is 9.59 Å². The van der Waals surface area contributed by atoms with Crippen molar-refractivity contribution in [3.05, 3.63) is 17.5 Å². The molecule has 94 valence electrons. The Morgan fingerprint density at radius 2 is 2.18 bits per heavy atom. The second kappa shape index (κ2) is 5.35. The molecule has 0 aromatic carbocycles. The Morgan fingerprint density at radius 3 is 2.65 bits per heavy atom. The van der Waals surface area contributed by atoms with Gasteiger partial charge in [0.1, 0.15) is 5.56 Å². The third-order valence-corrected chi connectivity index (χ3v) is 2.12. The minimum absolute atomic E-state index is 0.142. The maximum Gasteiger partial charge on any atom is 0.356 e. The SMILES string of the molecule is CCOC(=O)c1cn(CCN)c(C(=O)O)c1O. The number of carboxylic acids is 1. The van der Waals surface area contributed by atoms with Gasteiger partial charge in [-0.15, -0.1) is 0 Å². The molecule has 1 heterocycles. The minimum atomic E-state index is -1.33. The lowest BCUT2D eigenvalue weighted by Gasteiger charge is -2.02. The van der Waals surface area contributed by atoms with Crippen LogP contribution in [0.25, 0.3) is 0 Å². The number of hydrogen-bond donors (Lipinski definition) is 3. The van der Waals surface area contributed by atoms with Crippen molar-refractivity contribution in [2.45, 2.75) is 13.5 Å². The molecule has 0 atom stereocenters. The average molecular weight is 242 g/mol. The van der Waals surface area contributed by atoms with Crippen LogP contribution in [0.1, 0.15) is 27.8 Å². The lowest BCUT2D eigenvalue weighted by atomic mass is 10.3. The fraction of sp³-hybridized carbons (Fsp3) is 0.400. The number of nitrogens with zero attached hydrogens (tertiary/aromatic N) is 1. The maximum atomic E-state index is 11.4. The van der Waals surface area contributed by atoms with Gasteiger partial charge >= 0.3 is 11.9 Å². The lowest BCUT2D eigenvalue weighted by molar-refractivity contribution is 0.0523. The standard InChI is InChI=1S/C10H14N2O5/c1-2-17-10(16)6-5-12(4-3-11)7(8(6)13)9(14)15/h5,13H,2-4,11H2,1H3,(H,14,15). The Morgan fingerprint density at radius 1 is 1.53 bits per heavy atom. The van der Waals surface area contributed by atoms with E-state index in [9.17, 15) is 14.7 Å². The molecule has 0 aliphatic heterocycles. The molecule has 0 bridgehead atoms. The van der Waals surface area contributed by atoms with Crippen molar-refractivity contribution >= 4 is 11.9 Å². The van der Waals surface area contributed by atoms with Crippen molar-refractivity contribution in [1.29, 1.82) is 0 Å². The summed E-state index contributed by atoms with van der Waals surface area (Å²) in [6, 6.07) is 0. The van der Waals surface area contributed by atoms with Crippen molar-refractivity contribution < 1.29 is 24.5 Å². The van der Waals surface area contributed by atoms with E-state index in [2.05, 4.69) is 0 Å². The first-order chi connectivity index (χ1) is 8.02. The van der Waals surface area contributed by atoms with Crippen molar-refractivity contribution in [3.63, 3.8) is 0 Å². The van der Waals surface area contributed by atoms with E-state index in [1.807, 2.05) is 0 Å². The first kappa shape index (κ1) is 13.0. The summed E-state index contributed by atoms with van der Waals surface area (Å²) >= 11 is 0. The van der Waals surface area contributed by atoms with Gasteiger partial charge in [0.15, 0.2) is 11.4 Å². The summed E-state index contributed by atoms with van der Waals surface area (Å²) in [5, 5.41) is 18.6. The Kier molecular flexibility index (Phi) is 4.11. The number of ether oxygens (including phenoxy) is 1. The summed E-state index contributed by atoms with van der Waals surface area (Å²) in [4.78, 5) is 22.4. The molecule has 0 saturated heterocycles. The van der Waals surface area contributed by atoms with Crippen LogP contribution in [-0.4, -0.2) is 39.9 Å². The summed E-state index contributed by atoms with van der Waals surface area (Å²) in [7, 11) is 0. The smallest absolute Gasteiger partial charge is 0.356 e. The Bertz CT molecular complexity index is 438. The van der Waals surface area contributed by atoms with E-state index in [0.29, 0.717) is 0 Å². The first-order valence-electron chi connectivity index (χ1n) is 5.05. The fourth-order valence-electron chi connectivity index (χ4n) is 1.44. The number of aromatic nitrogens is 1. The largest absolute Gasteiger partial charge is 0.505 e. The van der Waals surface area contributed by atoms with Crippen LogP contribution in [0.5, 0.6) is 5.75 Å². The number of nitrogens with two attached hydrogens (primary N) is 1. The van der Waals surface area contributed by atoms with Gasteiger partial charge in [0.05, 0.1) is 6.61 Å². The molecule has 0 saturated carbocycles. The average Bonchev–Trinajstić information content (AvgIpc) is 2.56. The van der Waals surface area contributed by atoms with Crippen LogP contribution < -0.4 is 5.73 Å². The van der Waals surface area contributed by atoms with E-state index in [1.165, 1.54) is 10.8 Å².